The van der Waals surface area contributed by atoms with Crippen LogP contribution in [0.15, 0.2) is 42.5 Å². The lowest BCUT2D eigenvalue weighted by Crippen LogP contribution is -2.26. The average molecular weight is 355 g/mol. The van der Waals surface area contributed by atoms with E-state index in [0.29, 0.717) is 17.8 Å². The van der Waals surface area contributed by atoms with Crippen LogP contribution in [-0.2, 0) is 0 Å². The first-order chi connectivity index (χ1) is 12.5. The minimum Gasteiger partial charge on any atom is -0.352 e. The number of nitro benzene ring substituents is 1. The van der Waals surface area contributed by atoms with E-state index in [1.165, 1.54) is 25.1 Å². The number of nitro groups is 1. The summed E-state index contributed by atoms with van der Waals surface area (Å²) in [5, 5.41) is 16.5. The third-order valence-electron chi connectivity index (χ3n) is 3.98. The Morgan fingerprint density at radius 3 is 2.42 bits per heavy atom. The van der Waals surface area contributed by atoms with E-state index in [0.717, 1.165) is 12.8 Å². The van der Waals surface area contributed by atoms with Crippen molar-refractivity contribution in [2.75, 3.05) is 11.9 Å². The minimum absolute atomic E-state index is 0.122. The lowest BCUT2D eigenvalue weighted by Gasteiger charge is -2.12. The maximum Gasteiger partial charge on any atom is 0.273 e. The highest BCUT2D eigenvalue weighted by atomic mass is 16.6. The number of benzene rings is 2. The van der Waals surface area contributed by atoms with Crippen LogP contribution in [0.5, 0.6) is 0 Å². The third kappa shape index (κ3) is 4.44. The van der Waals surface area contributed by atoms with Gasteiger partial charge in [0, 0.05) is 23.7 Å². The number of carbonyl (C=O) groups excluding carboxylic acids is 2. The fraction of sp³-hybridized carbons (Fsp3) is 0.263. The third-order valence-corrected chi connectivity index (χ3v) is 3.98. The molecule has 2 N–H and O–H groups in total. The normalized spacial score (nSPS) is 10.2. The summed E-state index contributed by atoms with van der Waals surface area (Å²) in [5.74, 6) is -0.773. The Morgan fingerprint density at radius 1 is 1.04 bits per heavy atom. The van der Waals surface area contributed by atoms with Gasteiger partial charge in [-0.3, -0.25) is 19.7 Å². The van der Waals surface area contributed by atoms with Crippen molar-refractivity contribution in [3.05, 3.63) is 69.3 Å². The van der Waals surface area contributed by atoms with Gasteiger partial charge in [0.1, 0.15) is 0 Å². The summed E-state index contributed by atoms with van der Waals surface area (Å²) in [5.41, 5.74) is 1.06. The van der Waals surface area contributed by atoms with E-state index >= 15 is 0 Å². The molecule has 0 spiro atoms. The smallest absolute Gasteiger partial charge is 0.273 e. The lowest BCUT2D eigenvalue weighted by molar-refractivity contribution is -0.385. The molecule has 0 radical (unpaired) electrons. The van der Waals surface area contributed by atoms with Crippen molar-refractivity contribution in [1.29, 1.82) is 0 Å². The number of para-hydroxylation sites is 1. The first kappa shape index (κ1) is 19.1. The molecule has 7 heteroatoms. The second kappa shape index (κ2) is 8.75. The summed E-state index contributed by atoms with van der Waals surface area (Å²) in [6.07, 6.45) is 1.83. The Morgan fingerprint density at radius 2 is 1.73 bits per heavy atom. The summed E-state index contributed by atoms with van der Waals surface area (Å²) >= 11 is 0. The largest absolute Gasteiger partial charge is 0.352 e. The van der Waals surface area contributed by atoms with E-state index < -0.39 is 10.8 Å². The van der Waals surface area contributed by atoms with Crippen LogP contribution in [-0.4, -0.2) is 23.3 Å². The number of anilines is 1. The number of amides is 2. The zero-order valence-corrected chi connectivity index (χ0v) is 14.7. The molecule has 7 nitrogen and oxygen atoms in total. The summed E-state index contributed by atoms with van der Waals surface area (Å²) in [7, 11) is 0. The Labute approximate surface area is 151 Å². The van der Waals surface area contributed by atoms with Crippen LogP contribution >= 0.6 is 0 Å². The summed E-state index contributed by atoms with van der Waals surface area (Å²) in [4.78, 5) is 35.4. The average Bonchev–Trinajstić information content (AvgIpc) is 2.62. The van der Waals surface area contributed by atoms with Crippen LogP contribution in [0.1, 0.15) is 46.0 Å². The van der Waals surface area contributed by atoms with Crippen LogP contribution in [0, 0.1) is 17.0 Å². The molecule has 0 fully saturated rings. The number of hydrogen-bond acceptors (Lipinski definition) is 4. The molecule has 0 aromatic heterocycles. The van der Waals surface area contributed by atoms with Crippen LogP contribution in [0.4, 0.5) is 11.4 Å². The molecular weight excluding hydrogens is 334 g/mol. The van der Waals surface area contributed by atoms with E-state index in [2.05, 4.69) is 10.6 Å². The number of rotatable bonds is 7. The molecule has 0 saturated heterocycles. The molecule has 136 valence electrons. The quantitative estimate of drug-likeness (QED) is 0.449. The predicted octanol–water partition coefficient (Wildman–Crippen LogP) is 3.69. The van der Waals surface area contributed by atoms with Crippen molar-refractivity contribution >= 4 is 23.2 Å². The fourth-order valence-electron chi connectivity index (χ4n) is 2.52. The molecule has 2 aromatic carbocycles. The second-order valence-electron chi connectivity index (χ2n) is 5.82. The van der Waals surface area contributed by atoms with Gasteiger partial charge in [-0.25, -0.2) is 0 Å². The molecular formula is C19H21N3O4. The number of carbonyl (C=O) groups is 2. The summed E-state index contributed by atoms with van der Waals surface area (Å²) < 4.78 is 0. The van der Waals surface area contributed by atoms with Crippen LogP contribution in [0.25, 0.3) is 0 Å². The molecule has 0 aliphatic carbocycles. The van der Waals surface area contributed by atoms with Crippen molar-refractivity contribution in [2.24, 2.45) is 0 Å². The Hall–Kier alpha value is -3.22. The van der Waals surface area contributed by atoms with Crippen molar-refractivity contribution in [1.82, 2.24) is 5.32 Å². The van der Waals surface area contributed by atoms with Gasteiger partial charge in [-0.15, -0.1) is 0 Å². The lowest BCUT2D eigenvalue weighted by atomic mass is 10.1. The van der Waals surface area contributed by atoms with Crippen molar-refractivity contribution in [2.45, 2.75) is 26.7 Å². The molecule has 0 unspecified atom stereocenters. The fourth-order valence-corrected chi connectivity index (χ4v) is 2.52. The number of nitrogens with zero attached hydrogens (tertiary/aromatic N) is 1. The van der Waals surface area contributed by atoms with E-state index in [-0.39, 0.29) is 22.7 Å². The molecule has 0 aliphatic rings. The molecule has 0 saturated carbocycles. The van der Waals surface area contributed by atoms with Gasteiger partial charge in [0.15, 0.2) is 0 Å². The van der Waals surface area contributed by atoms with Gasteiger partial charge >= 0.3 is 0 Å². The Bertz CT molecular complexity index is 833. The maximum atomic E-state index is 12.6. The first-order valence-corrected chi connectivity index (χ1v) is 8.38. The Kier molecular flexibility index (Phi) is 6.43. The van der Waals surface area contributed by atoms with Crippen molar-refractivity contribution in [3.8, 4) is 0 Å². The van der Waals surface area contributed by atoms with E-state index in [1.54, 1.807) is 24.3 Å². The van der Waals surface area contributed by atoms with Gasteiger partial charge < -0.3 is 10.6 Å². The number of hydrogen-bond donors (Lipinski definition) is 2. The van der Waals surface area contributed by atoms with E-state index in [1.807, 2.05) is 6.92 Å². The second-order valence-corrected chi connectivity index (χ2v) is 5.82. The topological polar surface area (TPSA) is 101 Å². The Balaban J connectivity index is 2.24. The highest BCUT2D eigenvalue weighted by Crippen LogP contribution is 2.23. The molecule has 0 heterocycles. The molecule has 0 atom stereocenters. The zero-order valence-electron chi connectivity index (χ0n) is 14.7. The SMILES string of the molecule is CCCCNC(=O)c1ccccc1NC(=O)c1cccc([N+](=O)[O-])c1C. The molecule has 2 rings (SSSR count). The van der Waals surface area contributed by atoms with Gasteiger partial charge in [-0.1, -0.05) is 31.5 Å². The zero-order chi connectivity index (χ0) is 19.1. The van der Waals surface area contributed by atoms with Gasteiger partial charge in [-0.05, 0) is 31.5 Å². The van der Waals surface area contributed by atoms with Crippen LogP contribution in [0.2, 0.25) is 0 Å². The van der Waals surface area contributed by atoms with Gasteiger partial charge in [-0.2, -0.15) is 0 Å². The molecule has 26 heavy (non-hydrogen) atoms. The standard InChI is InChI=1S/C19H21N3O4/c1-3-4-12-20-18(23)15-8-5-6-10-16(15)21-19(24)14-9-7-11-17(13(14)2)22(25)26/h5-11H,3-4,12H2,1-2H3,(H,20,23)(H,21,24). The molecule has 2 amide bonds. The molecule has 0 aliphatic heterocycles. The predicted molar refractivity (Wildman–Crippen MR) is 99.5 cm³/mol. The van der Waals surface area contributed by atoms with Gasteiger partial charge in [0.25, 0.3) is 17.5 Å². The highest BCUT2D eigenvalue weighted by Gasteiger charge is 2.19. The monoisotopic (exact) mass is 355 g/mol. The number of unbranched alkanes of at least 4 members (excludes halogenated alkanes) is 1. The molecule has 0 bridgehead atoms. The highest BCUT2D eigenvalue weighted by molar-refractivity contribution is 6.09. The number of nitrogens with one attached hydrogen (secondary N) is 2. The minimum atomic E-state index is -0.527. The summed E-state index contributed by atoms with van der Waals surface area (Å²) in [6.45, 7) is 4.11. The summed E-state index contributed by atoms with van der Waals surface area (Å²) in [6, 6.07) is 11.0. The van der Waals surface area contributed by atoms with Gasteiger partial charge in [0.05, 0.1) is 16.2 Å². The van der Waals surface area contributed by atoms with Gasteiger partial charge in [0.2, 0.25) is 0 Å². The van der Waals surface area contributed by atoms with Crippen molar-refractivity contribution in [3.63, 3.8) is 0 Å². The van der Waals surface area contributed by atoms with E-state index in [9.17, 15) is 19.7 Å². The first-order valence-electron chi connectivity index (χ1n) is 8.38. The van der Waals surface area contributed by atoms with Crippen LogP contribution in [0.3, 0.4) is 0 Å². The molecule has 2 aromatic rings. The van der Waals surface area contributed by atoms with Crippen molar-refractivity contribution < 1.29 is 14.5 Å². The maximum absolute atomic E-state index is 12.6. The van der Waals surface area contributed by atoms with E-state index in [4.69, 9.17) is 0 Å². The van der Waals surface area contributed by atoms with Crippen LogP contribution < -0.4 is 10.6 Å².